The van der Waals surface area contributed by atoms with Gasteiger partial charge < -0.3 is 15.5 Å². The minimum Gasteiger partial charge on any atom is -0.356 e. The molecular weight excluding hydrogens is 280 g/mol. The standard InChI is InChI=1S/C16H28N4S/c1-14(15-6-11-21-13-15)12-19-16(17-2)18-7-5-10-20-8-3-4-9-20/h6,11,13-14H,3-5,7-10,12H2,1-2H3,(H2,17,18,19). The van der Waals surface area contributed by atoms with Crippen molar-refractivity contribution in [3.63, 3.8) is 0 Å². The van der Waals surface area contributed by atoms with Crippen LogP contribution < -0.4 is 10.6 Å². The fraction of sp³-hybridized carbons (Fsp3) is 0.688. The molecule has 0 aliphatic carbocycles. The van der Waals surface area contributed by atoms with Crippen molar-refractivity contribution in [2.45, 2.75) is 32.1 Å². The van der Waals surface area contributed by atoms with Crippen molar-refractivity contribution in [2.75, 3.05) is 39.8 Å². The number of thiophene rings is 1. The van der Waals surface area contributed by atoms with Crippen LogP contribution in [0, 0.1) is 0 Å². The zero-order chi connectivity index (χ0) is 14.9. The number of nitrogens with zero attached hydrogens (tertiary/aromatic N) is 2. The van der Waals surface area contributed by atoms with Crippen LogP contribution in [0.25, 0.3) is 0 Å². The van der Waals surface area contributed by atoms with Crippen LogP contribution >= 0.6 is 11.3 Å². The van der Waals surface area contributed by atoms with E-state index in [1.165, 1.54) is 44.5 Å². The fourth-order valence-corrected chi connectivity index (χ4v) is 3.44. The van der Waals surface area contributed by atoms with Crippen LogP contribution in [0.4, 0.5) is 0 Å². The summed E-state index contributed by atoms with van der Waals surface area (Å²) in [6, 6.07) is 2.20. The van der Waals surface area contributed by atoms with Crippen LogP contribution in [0.3, 0.4) is 0 Å². The number of nitrogens with one attached hydrogen (secondary N) is 2. The first-order valence-corrected chi connectivity index (χ1v) is 8.93. The van der Waals surface area contributed by atoms with Gasteiger partial charge in [-0.25, -0.2) is 0 Å². The zero-order valence-electron chi connectivity index (χ0n) is 13.3. The Balaban J connectivity index is 1.59. The lowest BCUT2D eigenvalue weighted by atomic mass is 10.1. The van der Waals surface area contributed by atoms with Crippen LogP contribution in [-0.2, 0) is 0 Å². The van der Waals surface area contributed by atoms with E-state index in [0.29, 0.717) is 5.92 Å². The van der Waals surface area contributed by atoms with E-state index in [0.717, 1.165) is 19.0 Å². The van der Waals surface area contributed by atoms with Crippen molar-refractivity contribution in [1.82, 2.24) is 15.5 Å². The first-order valence-electron chi connectivity index (χ1n) is 7.98. The highest BCUT2D eigenvalue weighted by atomic mass is 32.1. The van der Waals surface area contributed by atoms with Gasteiger partial charge in [0.2, 0.25) is 0 Å². The van der Waals surface area contributed by atoms with Gasteiger partial charge in [0.05, 0.1) is 0 Å². The minimum atomic E-state index is 0.513. The first-order chi connectivity index (χ1) is 10.3. The summed E-state index contributed by atoms with van der Waals surface area (Å²) < 4.78 is 0. The van der Waals surface area contributed by atoms with Crippen LogP contribution in [-0.4, -0.2) is 50.6 Å². The van der Waals surface area contributed by atoms with E-state index in [1.54, 1.807) is 11.3 Å². The molecule has 0 aromatic carbocycles. The molecule has 1 aromatic rings. The maximum absolute atomic E-state index is 4.29. The molecule has 118 valence electrons. The van der Waals surface area contributed by atoms with E-state index >= 15 is 0 Å². The van der Waals surface area contributed by atoms with Gasteiger partial charge in [0.15, 0.2) is 5.96 Å². The van der Waals surface area contributed by atoms with E-state index in [9.17, 15) is 0 Å². The van der Waals surface area contributed by atoms with Gasteiger partial charge in [0, 0.05) is 20.1 Å². The lowest BCUT2D eigenvalue weighted by molar-refractivity contribution is 0.334. The van der Waals surface area contributed by atoms with Crippen molar-refractivity contribution < 1.29 is 0 Å². The SMILES string of the molecule is CN=C(NCCCN1CCCC1)NCC(C)c1ccsc1. The molecular formula is C16H28N4S. The van der Waals surface area contributed by atoms with E-state index in [-0.39, 0.29) is 0 Å². The summed E-state index contributed by atoms with van der Waals surface area (Å²) in [6.07, 6.45) is 3.93. The second kappa shape index (κ2) is 9.05. The fourth-order valence-electron chi connectivity index (χ4n) is 2.66. The van der Waals surface area contributed by atoms with Crippen molar-refractivity contribution >= 4 is 17.3 Å². The minimum absolute atomic E-state index is 0.513. The predicted molar refractivity (Wildman–Crippen MR) is 92.4 cm³/mol. The Morgan fingerprint density at radius 3 is 2.86 bits per heavy atom. The van der Waals surface area contributed by atoms with Gasteiger partial charge >= 0.3 is 0 Å². The Labute approximate surface area is 132 Å². The molecule has 0 amide bonds. The number of aliphatic imine (C=N–C) groups is 1. The molecule has 1 fully saturated rings. The topological polar surface area (TPSA) is 39.7 Å². The summed E-state index contributed by atoms with van der Waals surface area (Å²) in [7, 11) is 1.84. The number of rotatable bonds is 7. The maximum atomic E-state index is 4.29. The Morgan fingerprint density at radius 2 is 2.19 bits per heavy atom. The van der Waals surface area contributed by atoms with E-state index in [2.05, 4.69) is 44.3 Å². The molecule has 1 atom stereocenters. The van der Waals surface area contributed by atoms with Crippen LogP contribution in [0.1, 0.15) is 37.7 Å². The summed E-state index contributed by atoms with van der Waals surface area (Å²) in [5.74, 6) is 1.43. The highest BCUT2D eigenvalue weighted by molar-refractivity contribution is 7.07. The Hall–Kier alpha value is -1.07. The molecule has 0 radical (unpaired) electrons. The largest absolute Gasteiger partial charge is 0.356 e. The van der Waals surface area contributed by atoms with Gasteiger partial charge in [-0.05, 0) is 67.2 Å². The molecule has 1 aliphatic heterocycles. The van der Waals surface area contributed by atoms with Crippen molar-refractivity contribution in [3.05, 3.63) is 22.4 Å². The molecule has 2 rings (SSSR count). The van der Waals surface area contributed by atoms with E-state index < -0.39 is 0 Å². The van der Waals surface area contributed by atoms with Gasteiger partial charge in [0.1, 0.15) is 0 Å². The maximum Gasteiger partial charge on any atom is 0.190 e. The third-order valence-corrected chi connectivity index (χ3v) is 4.76. The van der Waals surface area contributed by atoms with Gasteiger partial charge in [-0.15, -0.1) is 0 Å². The number of guanidine groups is 1. The highest BCUT2D eigenvalue weighted by Gasteiger charge is 2.10. The van der Waals surface area contributed by atoms with Crippen molar-refractivity contribution in [3.8, 4) is 0 Å². The lowest BCUT2D eigenvalue weighted by Gasteiger charge is -2.17. The molecule has 0 bridgehead atoms. The molecule has 1 aromatic heterocycles. The van der Waals surface area contributed by atoms with Gasteiger partial charge in [-0.2, -0.15) is 11.3 Å². The summed E-state index contributed by atoms with van der Waals surface area (Å²) in [6.45, 7) is 7.92. The molecule has 1 saturated heterocycles. The third-order valence-electron chi connectivity index (χ3n) is 4.05. The average Bonchev–Trinajstić information content (AvgIpc) is 3.19. The summed E-state index contributed by atoms with van der Waals surface area (Å²) >= 11 is 1.76. The second-order valence-corrected chi connectivity index (χ2v) is 6.52. The summed E-state index contributed by atoms with van der Waals surface area (Å²) in [5, 5.41) is 11.2. The Bertz CT molecular complexity index is 410. The summed E-state index contributed by atoms with van der Waals surface area (Å²) in [4.78, 5) is 6.85. The number of hydrogen-bond donors (Lipinski definition) is 2. The van der Waals surface area contributed by atoms with Crippen LogP contribution in [0.2, 0.25) is 0 Å². The lowest BCUT2D eigenvalue weighted by Crippen LogP contribution is -2.40. The first kappa shape index (κ1) is 16.3. The molecule has 4 nitrogen and oxygen atoms in total. The average molecular weight is 308 g/mol. The molecule has 5 heteroatoms. The molecule has 1 aliphatic rings. The monoisotopic (exact) mass is 308 g/mol. The zero-order valence-corrected chi connectivity index (χ0v) is 14.1. The van der Waals surface area contributed by atoms with Gasteiger partial charge in [-0.1, -0.05) is 6.92 Å². The number of hydrogen-bond acceptors (Lipinski definition) is 3. The van der Waals surface area contributed by atoms with Crippen molar-refractivity contribution in [1.29, 1.82) is 0 Å². The molecule has 1 unspecified atom stereocenters. The van der Waals surface area contributed by atoms with Crippen LogP contribution in [0.15, 0.2) is 21.8 Å². The predicted octanol–water partition coefficient (Wildman–Crippen LogP) is 2.50. The molecule has 0 saturated carbocycles. The Kier molecular flexibility index (Phi) is 7.03. The van der Waals surface area contributed by atoms with Gasteiger partial charge in [0.25, 0.3) is 0 Å². The second-order valence-electron chi connectivity index (χ2n) is 5.74. The molecule has 0 spiro atoms. The molecule has 2 heterocycles. The highest BCUT2D eigenvalue weighted by Crippen LogP contribution is 2.16. The number of likely N-dealkylation sites (tertiary alicyclic amines) is 1. The van der Waals surface area contributed by atoms with E-state index in [4.69, 9.17) is 0 Å². The normalized spacial score (nSPS) is 17.9. The Morgan fingerprint density at radius 1 is 1.38 bits per heavy atom. The van der Waals surface area contributed by atoms with E-state index in [1.807, 2.05) is 7.05 Å². The van der Waals surface area contributed by atoms with Gasteiger partial charge in [-0.3, -0.25) is 4.99 Å². The summed E-state index contributed by atoms with van der Waals surface area (Å²) in [5.41, 5.74) is 1.40. The molecule has 21 heavy (non-hydrogen) atoms. The third kappa shape index (κ3) is 5.67. The quantitative estimate of drug-likeness (QED) is 0.462. The van der Waals surface area contributed by atoms with Crippen molar-refractivity contribution in [2.24, 2.45) is 4.99 Å². The smallest absolute Gasteiger partial charge is 0.190 e. The molecule has 2 N–H and O–H groups in total. The van der Waals surface area contributed by atoms with Crippen LogP contribution in [0.5, 0.6) is 0 Å².